The first-order valence-electron chi connectivity index (χ1n) is 6.15. The van der Waals surface area contributed by atoms with Crippen LogP contribution in [0.3, 0.4) is 0 Å². The molecule has 1 aliphatic heterocycles. The highest BCUT2D eigenvalue weighted by Crippen LogP contribution is 2.34. The Bertz CT molecular complexity index is 560. The van der Waals surface area contributed by atoms with E-state index in [1.165, 1.54) is 0 Å². The SMILES string of the molecule is CC(C)(C)S(=O)(=O)CCNc1ccc2c(c1)OCO2. The lowest BCUT2D eigenvalue weighted by molar-refractivity contribution is 0.174. The summed E-state index contributed by atoms with van der Waals surface area (Å²) < 4.78 is 33.6. The highest BCUT2D eigenvalue weighted by molar-refractivity contribution is 7.92. The third kappa shape index (κ3) is 3.12. The summed E-state index contributed by atoms with van der Waals surface area (Å²) in [4.78, 5) is 0. The first-order chi connectivity index (χ1) is 8.79. The van der Waals surface area contributed by atoms with Crippen LogP contribution in [-0.4, -0.2) is 32.3 Å². The van der Waals surface area contributed by atoms with Crippen molar-refractivity contribution >= 4 is 15.5 Å². The summed E-state index contributed by atoms with van der Waals surface area (Å²) >= 11 is 0. The average Bonchev–Trinajstić information content (AvgIpc) is 2.74. The number of sulfone groups is 1. The summed E-state index contributed by atoms with van der Waals surface area (Å²) in [5.74, 6) is 1.50. The normalized spacial score (nSPS) is 14.5. The second-order valence-electron chi connectivity index (χ2n) is 5.43. The Hall–Kier alpha value is -1.43. The molecule has 1 N–H and O–H groups in total. The molecule has 0 saturated heterocycles. The van der Waals surface area contributed by atoms with Crippen LogP contribution in [0.25, 0.3) is 0 Å². The lowest BCUT2D eigenvalue weighted by Crippen LogP contribution is -2.32. The van der Waals surface area contributed by atoms with E-state index in [1.807, 2.05) is 18.2 Å². The summed E-state index contributed by atoms with van der Waals surface area (Å²) in [6, 6.07) is 5.46. The van der Waals surface area contributed by atoms with Crippen molar-refractivity contribution in [3.8, 4) is 11.5 Å². The molecule has 0 aromatic heterocycles. The predicted octanol–water partition coefficient (Wildman–Crippen LogP) is 2.04. The second-order valence-corrected chi connectivity index (χ2v) is 8.29. The van der Waals surface area contributed by atoms with E-state index in [2.05, 4.69) is 5.32 Å². The first-order valence-corrected chi connectivity index (χ1v) is 7.81. The van der Waals surface area contributed by atoms with Crippen molar-refractivity contribution in [2.24, 2.45) is 0 Å². The third-order valence-electron chi connectivity index (χ3n) is 3.01. The Morgan fingerprint density at radius 3 is 2.58 bits per heavy atom. The fraction of sp³-hybridized carbons (Fsp3) is 0.538. The zero-order chi connectivity index (χ0) is 14.1. The summed E-state index contributed by atoms with van der Waals surface area (Å²) in [5, 5.41) is 3.09. The van der Waals surface area contributed by atoms with Crippen molar-refractivity contribution < 1.29 is 17.9 Å². The molecule has 1 heterocycles. The van der Waals surface area contributed by atoms with Crippen molar-refractivity contribution in [3.63, 3.8) is 0 Å². The summed E-state index contributed by atoms with van der Waals surface area (Å²) in [5.41, 5.74) is 0.827. The van der Waals surface area contributed by atoms with Crippen LogP contribution in [0.2, 0.25) is 0 Å². The Morgan fingerprint density at radius 2 is 1.89 bits per heavy atom. The molecule has 6 heteroatoms. The smallest absolute Gasteiger partial charge is 0.231 e. The fourth-order valence-corrected chi connectivity index (χ4v) is 2.63. The largest absolute Gasteiger partial charge is 0.454 e. The molecule has 5 nitrogen and oxygen atoms in total. The number of rotatable bonds is 4. The molecule has 0 spiro atoms. The standard InChI is InChI=1S/C13H19NO4S/c1-13(2,3)19(15,16)7-6-14-10-4-5-11-12(8-10)18-9-17-11/h4-5,8,14H,6-7,9H2,1-3H3. The molecule has 1 aromatic carbocycles. The van der Waals surface area contributed by atoms with Gasteiger partial charge < -0.3 is 14.8 Å². The monoisotopic (exact) mass is 285 g/mol. The van der Waals surface area contributed by atoms with Gasteiger partial charge in [-0.1, -0.05) is 0 Å². The number of anilines is 1. The van der Waals surface area contributed by atoms with Gasteiger partial charge in [0.25, 0.3) is 0 Å². The molecule has 1 aromatic rings. The lowest BCUT2D eigenvalue weighted by Gasteiger charge is -2.19. The summed E-state index contributed by atoms with van der Waals surface area (Å²) in [7, 11) is -3.10. The van der Waals surface area contributed by atoms with Crippen LogP contribution >= 0.6 is 0 Å². The van der Waals surface area contributed by atoms with E-state index in [0.717, 1.165) is 5.69 Å². The number of benzene rings is 1. The molecule has 0 atom stereocenters. The molecule has 0 aliphatic carbocycles. The number of fused-ring (bicyclic) bond motifs is 1. The zero-order valence-electron chi connectivity index (χ0n) is 11.4. The molecule has 0 amide bonds. The van der Waals surface area contributed by atoms with Gasteiger partial charge in [-0.2, -0.15) is 0 Å². The molecule has 2 rings (SSSR count). The summed E-state index contributed by atoms with van der Waals surface area (Å²) in [6.07, 6.45) is 0. The van der Waals surface area contributed by atoms with Crippen molar-refractivity contribution in [2.75, 3.05) is 24.4 Å². The van der Waals surface area contributed by atoms with Crippen LogP contribution < -0.4 is 14.8 Å². The molecular formula is C13H19NO4S. The molecule has 19 heavy (non-hydrogen) atoms. The average molecular weight is 285 g/mol. The van der Waals surface area contributed by atoms with Crippen molar-refractivity contribution in [2.45, 2.75) is 25.5 Å². The van der Waals surface area contributed by atoms with Crippen LogP contribution in [0.5, 0.6) is 11.5 Å². The maximum Gasteiger partial charge on any atom is 0.231 e. The zero-order valence-corrected chi connectivity index (χ0v) is 12.2. The van der Waals surface area contributed by atoms with Crippen LogP contribution in [0.4, 0.5) is 5.69 Å². The molecule has 0 radical (unpaired) electrons. The number of hydrogen-bond acceptors (Lipinski definition) is 5. The van der Waals surface area contributed by atoms with Gasteiger partial charge in [0.15, 0.2) is 21.3 Å². The van der Waals surface area contributed by atoms with Gasteiger partial charge in [0.1, 0.15) is 0 Å². The molecule has 0 bridgehead atoms. The Morgan fingerprint density at radius 1 is 1.21 bits per heavy atom. The van der Waals surface area contributed by atoms with E-state index in [1.54, 1.807) is 20.8 Å². The van der Waals surface area contributed by atoms with Gasteiger partial charge in [-0.25, -0.2) is 8.42 Å². The molecule has 106 valence electrons. The van der Waals surface area contributed by atoms with E-state index >= 15 is 0 Å². The van der Waals surface area contributed by atoms with Gasteiger partial charge >= 0.3 is 0 Å². The van der Waals surface area contributed by atoms with E-state index in [4.69, 9.17) is 9.47 Å². The maximum atomic E-state index is 11.9. The molecule has 0 saturated carbocycles. The summed E-state index contributed by atoms with van der Waals surface area (Å²) in [6.45, 7) is 5.74. The minimum Gasteiger partial charge on any atom is -0.454 e. The van der Waals surface area contributed by atoms with Gasteiger partial charge in [-0.05, 0) is 32.9 Å². The molecule has 0 unspecified atom stereocenters. The second kappa shape index (κ2) is 4.92. The number of nitrogens with one attached hydrogen (secondary N) is 1. The topological polar surface area (TPSA) is 64.6 Å². The molecule has 1 aliphatic rings. The van der Waals surface area contributed by atoms with Gasteiger partial charge in [0.2, 0.25) is 6.79 Å². The van der Waals surface area contributed by atoms with E-state index < -0.39 is 14.6 Å². The van der Waals surface area contributed by atoms with Crippen LogP contribution in [-0.2, 0) is 9.84 Å². The van der Waals surface area contributed by atoms with Crippen molar-refractivity contribution in [3.05, 3.63) is 18.2 Å². The van der Waals surface area contributed by atoms with Crippen LogP contribution in [0, 0.1) is 0 Å². The number of ether oxygens (including phenoxy) is 2. The Labute approximate surface area is 113 Å². The quantitative estimate of drug-likeness (QED) is 0.917. The van der Waals surface area contributed by atoms with Gasteiger partial charge in [-0.15, -0.1) is 0 Å². The highest BCUT2D eigenvalue weighted by Gasteiger charge is 2.28. The van der Waals surface area contributed by atoms with Crippen molar-refractivity contribution in [1.82, 2.24) is 0 Å². The maximum absolute atomic E-state index is 11.9. The minimum absolute atomic E-state index is 0.102. The van der Waals surface area contributed by atoms with E-state index in [-0.39, 0.29) is 12.5 Å². The van der Waals surface area contributed by atoms with Gasteiger partial charge in [0.05, 0.1) is 10.5 Å². The minimum atomic E-state index is -3.10. The third-order valence-corrected chi connectivity index (χ3v) is 5.61. The van der Waals surface area contributed by atoms with E-state index in [0.29, 0.717) is 18.0 Å². The first kappa shape index (κ1) is 14.0. The predicted molar refractivity (Wildman–Crippen MR) is 74.6 cm³/mol. The Kier molecular flexibility index (Phi) is 3.62. The molecule has 0 fully saturated rings. The number of hydrogen-bond donors (Lipinski definition) is 1. The fourth-order valence-electron chi connectivity index (χ4n) is 1.64. The van der Waals surface area contributed by atoms with Crippen molar-refractivity contribution in [1.29, 1.82) is 0 Å². The van der Waals surface area contributed by atoms with Gasteiger partial charge in [-0.3, -0.25) is 0 Å². The Balaban J connectivity index is 1.94. The van der Waals surface area contributed by atoms with Crippen LogP contribution in [0.15, 0.2) is 18.2 Å². The van der Waals surface area contributed by atoms with Crippen LogP contribution in [0.1, 0.15) is 20.8 Å². The highest BCUT2D eigenvalue weighted by atomic mass is 32.2. The lowest BCUT2D eigenvalue weighted by atomic mass is 10.3. The van der Waals surface area contributed by atoms with E-state index in [9.17, 15) is 8.42 Å². The molecular weight excluding hydrogens is 266 g/mol. The van der Waals surface area contributed by atoms with Gasteiger partial charge in [0, 0.05) is 18.3 Å².